The third-order valence-corrected chi connectivity index (χ3v) is 2.42. The fourth-order valence-corrected chi connectivity index (χ4v) is 1.50. The average Bonchev–Trinajstić information content (AvgIpc) is 2.15. The highest BCUT2D eigenvalue weighted by Gasteiger charge is 2.29. The molecule has 1 aromatic rings. The number of nitrogens with zero attached hydrogens (tertiary/aromatic N) is 1. The molecule has 16 heavy (non-hydrogen) atoms. The van der Waals surface area contributed by atoms with Gasteiger partial charge in [-0.15, -0.1) is 0 Å². The molecular formula is C10H11ClF3NO. The number of benzene rings is 1. The van der Waals surface area contributed by atoms with Crippen molar-refractivity contribution >= 4 is 17.3 Å². The number of aliphatic hydroxyl groups excluding tert-OH is 1. The molecule has 0 fully saturated rings. The maximum atomic E-state index is 12.1. The van der Waals surface area contributed by atoms with Crippen LogP contribution in [-0.2, 0) is 6.61 Å². The van der Waals surface area contributed by atoms with Crippen molar-refractivity contribution in [2.24, 2.45) is 0 Å². The number of anilines is 1. The second-order valence-corrected chi connectivity index (χ2v) is 3.81. The van der Waals surface area contributed by atoms with E-state index >= 15 is 0 Å². The first-order valence-electron chi connectivity index (χ1n) is 4.50. The van der Waals surface area contributed by atoms with Crippen LogP contribution < -0.4 is 4.90 Å². The maximum Gasteiger partial charge on any atom is 0.405 e. The number of alkyl halides is 3. The fourth-order valence-electron chi connectivity index (χ4n) is 1.26. The van der Waals surface area contributed by atoms with Gasteiger partial charge in [0.25, 0.3) is 0 Å². The van der Waals surface area contributed by atoms with E-state index in [1.54, 1.807) is 0 Å². The Morgan fingerprint density at radius 2 is 2.00 bits per heavy atom. The lowest BCUT2D eigenvalue weighted by Crippen LogP contribution is -2.30. The third kappa shape index (κ3) is 3.57. The van der Waals surface area contributed by atoms with Crippen molar-refractivity contribution < 1.29 is 18.3 Å². The fraction of sp³-hybridized carbons (Fsp3) is 0.400. The molecule has 0 radical (unpaired) electrons. The lowest BCUT2D eigenvalue weighted by Gasteiger charge is -2.21. The number of aliphatic hydroxyl groups is 1. The van der Waals surface area contributed by atoms with E-state index in [2.05, 4.69) is 0 Å². The second kappa shape index (κ2) is 4.93. The van der Waals surface area contributed by atoms with Crippen molar-refractivity contribution in [1.82, 2.24) is 0 Å². The molecule has 0 bridgehead atoms. The van der Waals surface area contributed by atoms with Gasteiger partial charge in [-0.05, 0) is 17.7 Å². The number of halogens is 4. The van der Waals surface area contributed by atoms with Gasteiger partial charge in [-0.25, -0.2) is 0 Å². The van der Waals surface area contributed by atoms with Crippen LogP contribution in [0.5, 0.6) is 0 Å². The molecule has 90 valence electrons. The zero-order valence-electron chi connectivity index (χ0n) is 8.55. The third-order valence-electron chi connectivity index (χ3n) is 2.06. The normalized spacial score (nSPS) is 11.6. The molecular weight excluding hydrogens is 243 g/mol. The summed E-state index contributed by atoms with van der Waals surface area (Å²) in [7, 11) is 1.33. The molecule has 0 amide bonds. The number of rotatable bonds is 3. The standard InChI is InChI=1S/C10H11ClF3NO/c1-15(6-10(12,13)14)8-3-2-7(5-16)9(11)4-8/h2-4,16H,5-6H2,1H3. The van der Waals surface area contributed by atoms with Gasteiger partial charge < -0.3 is 10.0 Å². The van der Waals surface area contributed by atoms with E-state index in [0.29, 0.717) is 11.3 Å². The molecule has 1 aromatic carbocycles. The summed E-state index contributed by atoms with van der Waals surface area (Å²) in [5, 5.41) is 9.11. The summed E-state index contributed by atoms with van der Waals surface area (Å²) in [5.41, 5.74) is 0.852. The van der Waals surface area contributed by atoms with Crippen LogP contribution in [0.4, 0.5) is 18.9 Å². The predicted molar refractivity (Wildman–Crippen MR) is 56.7 cm³/mol. The Balaban J connectivity index is 2.85. The first kappa shape index (κ1) is 13.1. The van der Waals surface area contributed by atoms with Crippen molar-refractivity contribution in [2.45, 2.75) is 12.8 Å². The van der Waals surface area contributed by atoms with Gasteiger partial charge in [0.2, 0.25) is 0 Å². The molecule has 0 spiro atoms. The molecule has 1 rings (SSSR count). The van der Waals surface area contributed by atoms with Crippen LogP contribution in [0.15, 0.2) is 18.2 Å². The SMILES string of the molecule is CN(CC(F)(F)F)c1ccc(CO)c(Cl)c1. The lowest BCUT2D eigenvalue weighted by atomic mass is 10.2. The Labute approximate surface area is 96.2 Å². The molecule has 0 atom stereocenters. The smallest absolute Gasteiger partial charge is 0.392 e. The largest absolute Gasteiger partial charge is 0.405 e. The molecule has 0 heterocycles. The van der Waals surface area contributed by atoms with Crippen LogP contribution >= 0.6 is 11.6 Å². The molecule has 0 aliphatic heterocycles. The van der Waals surface area contributed by atoms with E-state index in [1.807, 2.05) is 0 Å². The first-order valence-corrected chi connectivity index (χ1v) is 4.88. The monoisotopic (exact) mass is 253 g/mol. The van der Waals surface area contributed by atoms with E-state index < -0.39 is 12.7 Å². The van der Waals surface area contributed by atoms with Gasteiger partial charge in [0.05, 0.1) is 6.61 Å². The van der Waals surface area contributed by atoms with Gasteiger partial charge in [-0.2, -0.15) is 13.2 Å². The van der Waals surface area contributed by atoms with Crippen LogP contribution in [0.2, 0.25) is 5.02 Å². The minimum Gasteiger partial charge on any atom is -0.392 e. The zero-order valence-corrected chi connectivity index (χ0v) is 9.31. The first-order chi connectivity index (χ1) is 7.33. The zero-order chi connectivity index (χ0) is 12.3. The van der Waals surface area contributed by atoms with Crippen LogP contribution in [0.25, 0.3) is 0 Å². The molecule has 0 aliphatic carbocycles. The summed E-state index contributed by atoms with van der Waals surface area (Å²) in [6.45, 7) is -1.27. The maximum absolute atomic E-state index is 12.1. The molecule has 0 aromatic heterocycles. The van der Waals surface area contributed by atoms with E-state index in [-0.39, 0.29) is 11.6 Å². The highest BCUT2D eigenvalue weighted by molar-refractivity contribution is 6.31. The van der Waals surface area contributed by atoms with Gasteiger partial charge in [0.15, 0.2) is 0 Å². The quantitative estimate of drug-likeness (QED) is 0.895. The molecule has 0 aliphatic rings. The summed E-state index contributed by atoms with van der Waals surface area (Å²) in [5.74, 6) is 0. The Hall–Kier alpha value is -0.940. The summed E-state index contributed by atoms with van der Waals surface area (Å²) in [6.07, 6.45) is -4.25. The number of hydrogen-bond donors (Lipinski definition) is 1. The Morgan fingerprint density at radius 3 is 2.44 bits per heavy atom. The van der Waals surface area contributed by atoms with Gasteiger partial charge >= 0.3 is 6.18 Å². The Morgan fingerprint density at radius 1 is 1.38 bits per heavy atom. The Kier molecular flexibility index (Phi) is 4.04. The highest BCUT2D eigenvalue weighted by Crippen LogP contribution is 2.25. The van der Waals surface area contributed by atoms with Crippen molar-refractivity contribution in [1.29, 1.82) is 0 Å². The predicted octanol–water partition coefficient (Wildman–Crippen LogP) is 2.83. The second-order valence-electron chi connectivity index (χ2n) is 3.41. The minimum atomic E-state index is -4.25. The molecule has 6 heteroatoms. The summed E-state index contributed by atoms with van der Waals surface area (Å²) in [4.78, 5) is 1.05. The van der Waals surface area contributed by atoms with Gasteiger partial charge in [0.1, 0.15) is 6.54 Å². The highest BCUT2D eigenvalue weighted by atomic mass is 35.5. The van der Waals surface area contributed by atoms with E-state index in [9.17, 15) is 13.2 Å². The van der Waals surface area contributed by atoms with Crippen molar-refractivity contribution in [3.05, 3.63) is 28.8 Å². The van der Waals surface area contributed by atoms with Crippen LogP contribution in [0, 0.1) is 0 Å². The Bertz CT molecular complexity index is 368. The van der Waals surface area contributed by atoms with Crippen LogP contribution in [0.1, 0.15) is 5.56 Å². The number of hydrogen-bond acceptors (Lipinski definition) is 2. The molecule has 0 saturated heterocycles. The molecule has 1 N–H and O–H groups in total. The van der Waals surface area contributed by atoms with Gasteiger partial charge in [-0.3, -0.25) is 0 Å². The van der Waals surface area contributed by atoms with Crippen LogP contribution in [-0.4, -0.2) is 24.9 Å². The lowest BCUT2D eigenvalue weighted by molar-refractivity contribution is -0.119. The average molecular weight is 254 g/mol. The summed E-state index contributed by atoms with van der Waals surface area (Å²) >= 11 is 5.78. The van der Waals surface area contributed by atoms with Gasteiger partial charge in [0, 0.05) is 17.8 Å². The van der Waals surface area contributed by atoms with E-state index in [1.165, 1.54) is 25.2 Å². The summed E-state index contributed by atoms with van der Waals surface area (Å²) < 4.78 is 36.4. The summed E-state index contributed by atoms with van der Waals surface area (Å²) in [6, 6.07) is 4.40. The minimum absolute atomic E-state index is 0.234. The van der Waals surface area contributed by atoms with Crippen molar-refractivity contribution in [3.8, 4) is 0 Å². The van der Waals surface area contributed by atoms with Crippen LogP contribution in [0.3, 0.4) is 0 Å². The van der Waals surface area contributed by atoms with Crippen molar-refractivity contribution in [3.63, 3.8) is 0 Å². The topological polar surface area (TPSA) is 23.5 Å². The van der Waals surface area contributed by atoms with Crippen molar-refractivity contribution in [2.75, 3.05) is 18.5 Å². The molecule has 0 saturated carbocycles. The van der Waals surface area contributed by atoms with E-state index in [4.69, 9.17) is 16.7 Å². The molecule has 0 unspecified atom stereocenters. The van der Waals surface area contributed by atoms with Gasteiger partial charge in [-0.1, -0.05) is 17.7 Å². The van der Waals surface area contributed by atoms with E-state index in [0.717, 1.165) is 4.90 Å². The molecule has 2 nitrogen and oxygen atoms in total.